The maximum atomic E-state index is 6.15. The molecule has 4 heteroatoms. The van der Waals surface area contributed by atoms with Crippen LogP contribution in [-0.2, 0) is 11.3 Å². The minimum absolute atomic E-state index is 0.147. The topological polar surface area (TPSA) is 37.4 Å². The van der Waals surface area contributed by atoms with Gasteiger partial charge < -0.3 is 15.0 Å². The molecule has 0 aromatic carbocycles. The molecule has 0 amide bonds. The van der Waals surface area contributed by atoms with Crippen LogP contribution >= 0.6 is 0 Å². The summed E-state index contributed by atoms with van der Waals surface area (Å²) in [6, 6.07) is 7.05. The summed E-state index contributed by atoms with van der Waals surface area (Å²) in [5, 5.41) is 3.53. The van der Waals surface area contributed by atoms with Gasteiger partial charge in [0.2, 0.25) is 0 Å². The van der Waals surface area contributed by atoms with E-state index in [1.165, 1.54) is 12.8 Å². The van der Waals surface area contributed by atoms with E-state index >= 15 is 0 Å². The van der Waals surface area contributed by atoms with Crippen molar-refractivity contribution in [1.82, 2.24) is 10.3 Å². The zero-order chi connectivity index (χ0) is 15.1. The number of nitrogens with zero attached hydrogens (tertiary/aromatic N) is 2. The van der Waals surface area contributed by atoms with E-state index in [9.17, 15) is 0 Å². The van der Waals surface area contributed by atoms with Gasteiger partial charge in [-0.25, -0.2) is 4.98 Å². The average Bonchev–Trinajstić information content (AvgIpc) is 3.17. The number of ether oxygens (including phenoxy) is 1. The predicted octanol–water partition coefficient (Wildman–Crippen LogP) is 2.73. The second-order valence-corrected chi connectivity index (χ2v) is 7.62. The minimum atomic E-state index is -0.147. The highest BCUT2D eigenvalue weighted by atomic mass is 16.5. The van der Waals surface area contributed by atoms with Gasteiger partial charge in [0, 0.05) is 25.7 Å². The SMILES string of the molecule is CC1(C)CN(c2cccc(CNC3CC3)n2)CC(C)(C)O1. The molecule has 1 aliphatic heterocycles. The predicted molar refractivity (Wildman–Crippen MR) is 85.6 cm³/mol. The first kappa shape index (κ1) is 14.8. The number of morpholine rings is 1. The standard InChI is InChI=1S/C17H27N3O/c1-16(2)11-20(12-17(3,4)21-16)15-7-5-6-14(19-15)10-18-13-8-9-13/h5-7,13,18H,8-12H2,1-4H3. The molecule has 116 valence electrons. The summed E-state index contributed by atoms with van der Waals surface area (Å²) in [4.78, 5) is 7.19. The number of nitrogens with one attached hydrogen (secondary N) is 1. The van der Waals surface area contributed by atoms with Crippen LogP contribution in [0.25, 0.3) is 0 Å². The summed E-state index contributed by atoms with van der Waals surface area (Å²) in [6.07, 6.45) is 2.62. The van der Waals surface area contributed by atoms with Crippen LogP contribution < -0.4 is 10.2 Å². The van der Waals surface area contributed by atoms with Crippen LogP contribution in [0.5, 0.6) is 0 Å². The molecular formula is C17H27N3O. The Balaban J connectivity index is 1.73. The highest BCUT2D eigenvalue weighted by Gasteiger charge is 2.38. The van der Waals surface area contributed by atoms with E-state index in [0.29, 0.717) is 0 Å². The van der Waals surface area contributed by atoms with Crippen LogP contribution in [0.1, 0.15) is 46.2 Å². The highest BCUT2D eigenvalue weighted by molar-refractivity contribution is 5.41. The summed E-state index contributed by atoms with van der Waals surface area (Å²) >= 11 is 0. The number of hydrogen-bond donors (Lipinski definition) is 1. The molecule has 1 saturated carbocycles. The molecule has 1 aliphatic carbocycles. The lowest BCUT2D eigenvalue weighted by atomic mass is 9.99. The Morgan fingerprint density at radius 1 is 1.19 bits per heavy atom. The summed E-state index contributed by atoms with van der Waals surface area (Å²) < 4.78 is 6.15. The quantitative estimate of drug-likeness (QED) is 0.925. The molecule has 0 bridgehead atoms. The van der Waals surface area contributed by atoms with Crippen LogP contribution in [0.3, 0.4) is 0 Å². The zero-order valence-electron chi connectivity index (χ0n) is 13.6. The van der Waals surface area contributed by atoms with Crippen molar-refractivity contribution >= 4 is 5.82 Å². The van der Waals surface area contributed by atoms with Gasteiger partial charge in [0.05, 0.1) is 16.9 Å². The maximum absolute atomic E-state index is 6.15. The first-order valence-corrected chi connectivity index (χ1v) is 7.97. The molecule has 21 heavy (non-hydrogen) atoms. The summed E-state index contributed by atoms with van der Waals surface area (Å²) in [5.41, 5.74) is 0.832. The summed E-state index contributed by atoms with van der Waals surface area (Å²) in [5.74, 6) is 1.06. The van der Waals surface area contributed by atoms with Crippen LogP contribution in [0.15, 0.2) is 18.2 Å². The number of aromatic nitrogens is 1. The average molecular weight is 289 g/mol. The molecule has 2 heterocycles. The molecule has 1 aromatic rings. The Kier molecular flexibility index (Phi) is 3.70. The van der Waals surface area contributed by atoms with Crippen LogP contribution in [-0.4, -0.2) is 35.3 Å². The molecule has 1 aromatic heterocycles. The normalized spacial score (nSPS) is 24.1. The maximum Gasteiger partial charge on any atom is 0.129 e. The molecule has 0 atom stereocenters. The van der Waals surface area contributed by atoms with E-state index in [1.54, 1.807) is 0 Å². The Bertz CT molecular complexity index is 493. The van der Waals surface area contributed by atoms with Crippen molar-refractivity contribution < 1.29 is 4.74 Å². The van der Waals surface area contributed by atoms with Gasteiger partial charge in [0.1, 0.15) is 5.82 Å². The molecule has 4 nitrogen and oxygen atoms in total. The van der Waals surface area contributed by atoms with Crippen LogP contribution in [0, 0.1) is 0 Å². The number of pyridine rings is 1. The number of anilines is 1. The van der Waals surface area contributed by atoms with E-state index < -0.39 is 0 Å². The summed E-state index contributed by atoms with van der Waals surface area (Å²) in [6.45, 7) is 11.2. The lowest BCUT2D eigenvalue weighted by Gasteiger charge is -2.47. The van der Waals surface area contributed by atoms with Gasteiger partial charge in [-0.3, -0.25) is 0 Å². The zero-order valence-corrected chi connectivity index (χ0v) is 13.6. The molecule has 3 rings (SSSR count). The first-order chi connectivity index (χ1) is 9.83. The van der Waals surface area contributed by atoms with Crippen molar-refractivity contribution in [2.75, 3.05) is 18.0 Å². The van der Waals surface area contributed by atoms with E-state index in [-0.39, 0.29) is 11.2 Å². The molecule has 2 fully saturated rings. The molecule has 1 N–H and O–H groups in total. The third-order valence-corrected chi connectivity index (χ3v) is 3.96. The van der Waals surface area contributed by atoms with Gasteiger partial charge in [-0.2, -0.15) is 0 Å². The lowest BCUT2D eigenvalue weighted by molar-refractivity contribution is -0.133. The van der Waals surface area contributed by atoms with E-state index in [0.717, 1.165) is 37.2 Å². The Morgan fingerprint density at radius 2 is 1.86 bits per heavy atom. The van der Waals surface area contributed by atoms with Gasteiger partial charge >= 0.3 is 0 Å². The van der Waals surface area contributed by atoms with Crippen molar-refractivity contribution in [3.8, 4) is 0 Å². The molecular weight excluding hydrogens is 262 g/mol. The minimum Gasteiger partial charge on any atom is -0.366 e. The van der Waals surface area contributed by atoms with Gasteiger partial charge in [-0.05, 0) is 52.7 Å². The van der Waals surface area contributed by atoms with E-state index in [4.69, 9.17) is 9.72 Å². The Morgan fingerprint density at radius 3 is 2.48 bits per heavy atom. The lowest BCUT2D eigenvalue weighted by Crippen LogP contribution is -2.57. The number of hydrogen-bond acceptors (Lipinski definition) is 4. The highest BCUT2D eigenvalue weighted by Crippen LogP contribution is 2.30. The molecule has 0 radical (unpaired) electrons. The van der Waals surface area contributed by atoms with Crippen molar-refractivity contribution in [2.24, 2.45) is 0 Å². The molecule has 0 spiro atoms. The van der Waals surface area contributed by atoms with E-state index in [2.05, 4.69) is 56.1 Å². The first-order valence-electron chi connectivity index (χ1n) is 7.97. The smallest absolute Gasteiger partial charge is 0.129 e. The molecule has 2 aliphatic rings. The fourth-order valence-electron chi connectivity index (χ4n) is 3.23. The summed E-state index contributed by atoms with van der Waals surface area (Å²) in [7, 11) is 0. The third kappa shape index (κ3) is 3.95. The largest absolute Gasteiger partial charge is 0.366 e. The third-order valence-electron chi connectivity index (χ3n) is 3.96. The molecule has 0 unspecified atom stereocenters. The van der Waals surface area contributed by atoms with Gasteiger partial charge in [0.25, 0.3) is 0 Å². The van der Waals surface area contributed by atoms with Gasteiger partial charge in [0.15, 0.2) is 0 Å². The fraction of sp³-hybridized carbons (Fsp3) is 0.706. The van der Waals surface area contributed by atoms with Gasteiger partial charge in [-0.15, -0.1) is 0 Å². The second kappa shape index (κ2) is 5.25. The fourth-order valence-corrected chi connectivity index (χ4v) is 3.23. The van der Waals surface area contributed by atoms with Crippen molar-refractivity contribution in [3.05, 3.63) is 23.9 Å². The van der Waals surface area contributed by atoms with Crippen molar-refractivity contribution in [3.63, 3.8) is 0 Å². The second-order valence-electron chi connectivity index (χ2n) is 7.62. The van der Waals surface area contributed by atoms with E-state index in [1.807, 2.05) is 0 Å². The molecule has 1 saturated heterocycles. The van der Waals surface area contributed by atoms with Crippen molar-refractivity contribution in [2.45, 2.75) is 64.3 Å². The number of rotatable bonds is 4. The van der Waals surface area contributed by atoms with Gasteiger partial charge in [-0.1, -0.05) is 6.07 Å². The Hall–Kier alpha value is -1.13. The van der Waals surface area contributed by atoms with Crippen molar-refractivity contribution in [1.29, 1.82) is 0 Å². The Labute approximate surface area is 127 Å². The van der Waals surface area contributed by atoms with Crippen LogP contribution in [0.2, 0.25) is 0 Å². The monoisotopic (exact) mass is 289 g/mol. The van der Waals surface area contributed by atoms with Crippen LogP contribution in [0.4, 0.5) is 5.82 Å².